The number of rotatable bonds is 0. The van der Waals surface area contributed by atoms with E-state index in [9.17, 15) is 4.39 Å². The van der Waals surface area contributed by atoms with Gasteiger partial charge in [-0.15, -0.1) is 0 Å². The molecule has 0 aliphatic heterocycles. The molecule has 0 aliphatic rings. The molecule has 3 heteroatoms. The van der Waals surface area contributed by atoms with Gasteiger partial charge in [-0.1, -0.05) is 12.1 Å². The van der Waals surface area contributed by atoms with E-state index < -0.39 is 0 Å². The quantitative estimate of drug-likeness (QED) is 0.664. The maximum Gasteiger partial charge on any atom is 0.171 e. The number of para-hydroxylation sites is 1. The third kappa shape index (κ3) is 1.13. The van der Waals surface area contributed by atoms with E-state index in [4.69, 9.17) is 4.42 Å². The molecule has 0 atom stereocenters. The van der Waals surface area contributed by atoms with E-state index in [1.165, 1.54) is 6.07 Å². The molecule has 2 aromatic rings. The van der Waals surface area contributed by atoms with E-state index in [0.29, 0.717) is 9.35 Å². The zero-order valence-electron chi connectivity index (χ0n) is 5.47. The molecular weight excluding hydrogens is 258 g/mol. The summed E-state index contributed by atoms with van der Waals surface area (Å²) in [7, 11) is 0. The third-order valence-corrected chi connectivity index (χ3v) is 2.00. The molecule has 0 fully saturated rings. The lowest BCUT2D eigenvalue weighted by atomic mass is 10.2. The van der Waals surface area contributed by atoms with Crippen LogP contribution in [0.25, 0.3) is 11.0 Å². The Kier molecular flexibility index (Phi) is 1.60. The normalized spacial score (nSPS) is 10.7. The van der Waals surface area contributed by atoms with Crippen LogP contribution in [-0.4, -0.2) is 0 Å². The molecule has 0 bridgehead atoms. The van der Waals surface area contributed by atoms with Crippen LogP contribution in [0.2, 0.25) is 0 Å². The lowest BCUT2D eigenvalue weighted by Crippen LogP contribution is -1.70. The van der Waals surface area contributed by atoms with Gasteiger partial charge in [0.2, 0.25) is 0 Å². The van der Waals surface area contributed by atoms with Crippen molar-refractivity contribution >= 4 is 33.6 Å². The standard InChI is InChI=1S/C8H4FIO/c9-6-3-1-2-5-4-7(10)11-8(5)6/h1-4H. The first-order chi connectivity index (χ1) is 5.27. The molecule has 0 N–H and O–H groups in total. The van der Waals surface area contributed by atoms with E-state index in [1.807, 2.05) is 28.7 Å². The molecule has 2 rings (SSSR count). The van der Waals surface area contributed by atoms with Crippen molar-refractivity contribution in [1.29, 1.82) is 0 Å². The second-order valence-electron chi connectivity index (χ2n) is 2.21. The maximum absolute atomic E-state index is 12.9. The minimum atomic E-state index is -0.301. The van der Waals surface area contributed by atoms with Crippen LogP contribution in [-0.2, 0) is 0 Å². The van der Waals surface area contributed by atoms with Crippen LogP contribution in [0.3, 0.4) is 0 Å². The van der Waals surface area contributed by atoms with Crippen LogP contribution in [0.15, 0.2) is 28.7 Å². The molecule has 0 spiro atoms. The van der Waals surface area contributed by atoms with Crippen LogP contribution in [0.4, 0.5) is 4.39 Å². The molecule has 0 saturated carbocycles. The summed E-state index contributed by atoms with van der Waals surface area (Å²) < 4.78 is 18.7. The summed E-state index contributed by atoms with van der Waals surface area (Å²) in [6, 6.07) is 6.69. The van der Waals surface area contributed by atoms with Gasteiger partial charge in [-0.05, 0) is 34.7 Å². The average Bonchev–Trinajstić information content (AvgIpc) is 2.31. The molecule has 11 heavy (non-hydrogen) atoms. The lowest BCUT2D eigenvalue weighted by Gasteiger charge is -1.87. The Hall–Kier alpha value is -0.580. The van der Waals surface area contributed by atoms with Crippen molar-refractivity contribution < 1.29 is 8.81 Å². The molecule has 0 unspecified atom stereocenters. The van der Waals surface area contributed by atoms with Gasteiger partial charge in [0.15, 0.2) is 15.2 Å². The molecule has 1 nitrogen and oxygen atoms in total. The highest BCUT2D eigenvalue weighted by Crippen LogP contribution is 2.22. The van der Waals surface area contributed by atoms with E-state index >= 15 is 0 Å². The van der Waals surface area contributed by atoms with Crippen molar-refractivity contribution in [2.45, 2.75) is 0 Å². The summed E-state index contributed by atoms with van der Waals surface area (Å²) in [5.74, 6) is -0.301. The van der Waals surface area contributed by atoms with E-state index in [0.717, 1.165) is 5.39 Å². The van der Waals surface area contributed by atoms with Crippen molar-refractivity contribution in [2.75, 3.05) is 0 Å². The highest BCUT2D eigenvalue weighted by molar-refractivity contribution is 14.1. The van der Waals surface area contributed by atoms with Crippen LogP contribution in [0, 0.1) is 9.58 Å². The maximum atomic E-state index is 12.9. The summed E-state index contributed by atoms with van der Waals surface area (Å²) in [6.45, 7) is 0. The van der Waals surface area contributed by atoms with Crippen molar-refractivity contribution in [1.82, 2.24) is 0 Å². The van der Waals surface area contributed by atoms with Crippen molar-refractivity contribution in [3.05, 3.63) is 33.8 Å². The molecule has 1 heterocycles. The van der Waals surface area contributed by atoms with Gasteiger partial charge in [-0.25, -0.2) is 4.39 Å². The Balaban J connectivity index is 2.90. The Labute approximate surface area is 76.3 Å². The Morgan fingerprint density at radius 2 is 2.18 bits per heavy atom. The van der Waals surface area contributed by atoms with Gasteiger partial charge < -0.3 is 4.42 Å². The molecule has 1 aromatic carbocycles. The molecular formula is C8H4FIO. The molecule has 0 aliphatic carbocycles. The lowest BCUT2D eigenvalue weighted by molar-refractivity contribution is 0.541. The second kappa shape index (κ2) is 2.48. The molecule has 0 amide bonds. The minimum Gasteiger partial charge on any atom is -0.447 e. The van der Waals surface area contributed by atoms with Gasteiger partial charge in [-0.2, -0.15) is 0 Å². The van der Waals surface area contributed by atoms with Crippen LogP contribution in [0.1, 0.15) is 0 Å². The number of halogens is 2. The number of benzene rings is 1. The number of hydrogen-bond acceptors (Lipinski definition) is 1. The molecule has 0 radical (unpaired) electrons. The Morgan fingerprint density at radius 1 is 1.36 bits per heavy atom. The Bertz CT molecular complexity index is 394. The Morgan fingerprint density at radius 3 is 2.91 bits per heavy atom. The summed E-state index contributed by atoms with van der Waals surface area (Å²) in [6.07, 6.45) is 0. The van der Waals surface area contributed by atoms with Crippen molar-refractivity contribution in [2.24, 2.45) is 0 Å². The van der Waals surface area contributed by atoms with E-state index in [-0.39, 0.29) is 5.82 Å². The van der Waals surface area contributed by atoms with Gasteiger partial charge in [-0.3, -0.25) is 0 Å². The van der Waals surface area contributed by atoms with E-state index in [2.05, 4.69) is 0 Å². The summed E-state index contributed by atoms with van der Waals surface area (Å²) in [5.41, 5.74) is 0.344. The summed E-state index contributed by atoms with van der Waals surface area (Å²) >= 11 is 2.02. The first-order valence-corrected chi connectivity index (χ1v) is 4.19. The smallest absolute Gasteiger partial charge is 0.171 e. The van der Waals surface area contributed by atoms with Crippen LogP contribution >= 0.6 is 22.6 Å². The van der Waals surface area contributed by atoms with Gasteiger partial charge >= 0.3 is 0 Å². The van der Waals surface area contributed by atoms with Gasteiger partial charge in [0, 0.05) is 5.39 Å². The summed E-state index contributed by atoms with van der Waals surface area (Å²) in [4.78, 5) is 0. The topological polar surface area (TPSA) is 13.1 Å². The minimum absolute atomic E-state index is 0.301. The van der Waals surface area contributed by atoms with Crippen molar-refractivity contribution in [3.63, 3.8) is 0 Å². The van der Waals surface area contributed by atoms with Gasteiger partial charge in [0.1, 0.15) is 0 Å². The molecule has 0 saturated heterocycles. The number of fused-ring (bicyclic) bond motifs is 1. The molecule has 1 aromatic heterocycles. The highest BCUT2D eigenvalue weighted by Gasteiger charge is 2.04. The van der Waals surface area contributed by atoms with Gasteiger partial charge in [0.25, 0.3) is 0 Å². The fourth-order valence-corrected chi connectivity index (χ4v) is 1.55. The average molecular weight is 262 g/mol. The fraction of sp³-hybridized carbons (Fsp3) is 0. The van der Waals surface area contributed by atoms with Crippen molar-refractivity contribution in [3.8, 4) is 0 Å². The zero-order chi connectivity index (χ0) is 7.84. The van der Waals surface area contributed by atoms with E-state index in [1.54, 1.807) is 12.1 Å². The highest BCUT2D eigenvalue weighted by atomic mass is 127. The SMILES string of the molecule is Fc1cccc2cc(I)oc12. The number of furan rings is 1. The summed E-state index contributed by atoms with van der Waals surface area (Å²) in [5, 5.41) is 0.814. The zero-order valence-corrected chi connectivity index (χ0v) is 7.63. The number of hydrogen-bond donors (Lipinski definition) is 0. The fourth-order valence-electron chi connectivity index (χ4n) is 0.996. The predicted molar refractivity (Wildman–Crippen MR) is 48.9 cm³/mol. The first kappa shape index (κ1) is 7.09. The third-order valence-electron chi connectivity index (χ3n) is 1.47. The second-order valence-corrected chi connectivity index (χ2v) is 3.27. The van der Waals surface area contributed by atoms with Crippen LogP contribution in [0.5, 0.6) is 0 Å². The monoisotopic (exact) mass is 262 g/mol. The van der Waals surface area contributed by atoms with Crippen LogP contribution < -0.4 is 0 Å². The largest absolute Gasteiger partial charge is 0.447 e. The molecule has 56 valence electrons. The predicted octanol–water partition coefficient (Wildman–Crippen LogP) is 3.18. The first-order valence-electron chi connectivity index (χ1n) is 3.11. The van der Waals surface area contributed by atoms with Gasteiger partial charge in [0.05, 0.1) is 0 Å².